The third-order valence-corrected chi connectivity index (χ3v) is 3.28. The lowest BCUT2D eigenvalue weighted by atomic mass is 10.2. The first-order chi connectivity index (χ1) is 6.00. The summed E-state index contributed by atoms with van der Waals surface area (Å²) in [5.41, 5.74) is -0.587. The van der Waals surface area contributed by atoms with Crippen LogP contribution in [0.5, 0.6) is 0 Å². The van der Waals surface area contributed by atoms with Gasteiger partial charge >= 0.3 is 0 Å². The Morgan fingerprint density at radius 2 is 1.46 bits per heavy atom. The smallest absolute Gasteiger partial charge is 0.178 e. The van der Waals surface area contributed by atoms with Gasteiger partial charge in [-0.1, -0.05) is 0 Å². The zero-order chi connectivity index (χ0) is 10.2. The van der Waals surface area contributed by atoms with Crippen molar-refractivity contribution in [1.29, 1.82) is 5.26 Å². The van der Waals surface area contributed by atoms with E-state index in [2.05, 4.69) is 0 Å². The Morgan fingerprint density at radius 1 is 0.923 bits per heavy atom. The number of rotatable bonds is 0. The molecule has 0 aliphatic heterocycles. The molecule has 0 aliphatic carbocycles. The first-order valence-corrected chi connectivity index (χ1v) is 5.08. The van der Waals surface area contributed by atoms with E-state index in [1.165, 1.54) is 51.3 Å². The molecular weight excluding hydrogens is 409 g/mol. The van der Waals surface area contributed by atoms with Crippen molar-refractivity contribution in [3.8, 4) is 6.07 Å². The minimum atomic E-state index is -1.31. The largest absolute Gasteiger partial charge is 0.204 e. The van der Waals surface area contributed by atoms with Crippen molar-refractivity contribution in [3.63, 3.8) is 0 Å². The molecule has 1 aromatic rings. The Labute approximate surface area is 99.2 Å². The van der Waals surface area contributed by atoms with Gasteiger partial charge in [-0.2, -0.15) is 5.26 Å². The van der Waals surface area contributed by atoms with Crippen LogP contribution in [0, 0.1) is 35.9 Å². The van der Waals surface area contributed by atoms with Crippen molar-refractivity contribution in [2.75, 3.05) is 0 Å². The maximum absolute atomic E-state index is 13.0. The molecule has 0 amide bonds. The summed E-state index contributed by atoms with van der Waals surface area (Å²) in [4.78, 5) is 0. The first-order valence-electron chi connectivity index (χ1n) is 2.92. The van der Waals surface area contributed by atoms with Crippen LogP contribution in [0.1, 0.15) is 5.56 Å². The fraction of sp³-hybridized carbons (Fsp3) is 0. The Kier molecular flexibility index (Phi) is 3.39. The zero-order valence-corrected chi connectivity index (χ0v) is 10.2. The normalized spacial score (nSPS) is 9.85. The highest BCUT2D eigenvalue weighted by Gasteiger charge is 2.21. The SMILES string of the molecule is N#Cc1c(F)c(F)c(I)c(F)c1I. The summed E-state index contributed by atoms with van der Waals surface area (Å²) < 4.78 is 38.2. The fourth-order valence-electron chi connectivity index (χ4n) is 0.703. The van der Waals surface area contributed by atoms with Gasteiger partial charge in [-0.25, -0.2) is 13.2 Å². The summed E-state index contributed by atoms with van der Waals surface area (Å²) >= 11 is 2.81. The van der Waals surface area contributed by atoms with Crippen LogP contribution in [0.4, 0.5) is 13.2 Å². The predicted octanol–water partition coefficient (Wildman–Crippen LogP) is 3.18. The van der Waals surface area contributed by atoms with Crippen LogP contribution in [-0.2, 0) is 0 Å². The molecule has 0 heterocycles. The van der Waals surface area contributed by atoms with Crippen molar-refractivity contribution < 1.29 is 13.2 Å². The number of benzene rings is 1. The summed E-state index contributed by atoms with van der Waals surface area (Å²) in [6.07, 6.45) is 0. The van der Waals surface area contributed by atoms with Gasteiger partial charge in [0.15, 0.2) is 17.5 Å². The Bertz CT molecular complexity index is 382. The average molecular weight is 409 g/mol. The average Bonchev–Trinajstić information content (AvgIpc) is 2.13. The van der Waals surface area contributed by atoms with Crippen LogP contribution in [0.25, 0.3) is 0 Å². The minimum absolute atomic E-state index is 0.191. The van der Waals surface area contributed by atoms with E-state index in [-0.39, 0.29) is 3.57 Å². The molecule has 1 nitrogen and oxygen atoms in total. The zero-order valence-electron chi connectivity index (χ0n) is 5.84. The molecule has 68 valence electrons. The van der Waals surface area contributed by atoms with E-state index in [0.717, 1.165) is 0 Å². The van der Waals surface area contributed by atoms with Gasteiger partial charge in [0.05, 0.1) is 7.14 Å². The first kappa shape index (κ1) is 11.0. The molecule has 0 saturated heterocycles. The summed E-state index contributed by atoms with van der Waals surface area (Å²) in [6, 6.07) is 1.41. The summed E-state index contributed by atoms with van der Waals surface area (Å²) in [5, 5.41) is 8.41. The van der Waals surface area contributed by atoms with Crippen molar-refractivity contribution in [3.05, 3.63) is 30.2 Å². The van der Waals surface area contributed by atoms with Gasteiger partial charge in [0.25, 0.3) is 0 Å². The van der Waals surface area contributed by atoms with Gasteiger partial charge in [0.2, 0.25) is 0 Å². The highest BCUT2D eigenvalue weighted by atomic mass is 127. The van der Waals surface area contributed by atoms with Crippen LogP contribution in [0.3, 0.4) is 0 Å². The Morgan fingerprint density at radius 3 is 1.92 bits per heavy atom. The number of nitriles is 1. The van der Waals surface area contributed by atoms with Crippen molar-refractivity contribution in [1.82, 2.24) is 0 Å². The van der Waals surface area contributed by atoms with Crippen molar-refractivity contribution in [2.45, 2.75) is 0 Å². The molecule has 0 spiro atoms. The summed E-state index contributed by atoms with van der Waals surface area (Å²) in [5.74, 6) is -3.50. The molecule has 0 atom stereocenters. The maximum Gasteiger partial charge on any atom is 0.178 e. The topological polar surface area (TPSA) is 23.8 Å². The van der Waals surface area contributed by atoms with Crippen LogP contribution in [0.2, 0.25) is 0 Å². The highest BCUT2D eigenvalue weighted by molar-refractivity contribution is 14.1. The third-order valence-electron chi connectivity index (χ3n) is 1.32. The molecule has 0 aliphatic rings. The lowest BCUT2D eigenvalue weighted by Crippen LogP contribution is -2.02. The lowest BCUT2D eigenvalue weighted by molar-refractivity contribution is 0.482. The summed E-state index contributed by atoms with van der Waals surface area (Å²) in [7, 11) is 0. The molecule has 13 heavy (non-hydrogen) atoms. The molecule has 0 unspecified atom stereocenters. The molecule has 1 rings (SSSR count). The fourth-order valence-corrected chi connectivity index (χ4v) is 2.35. The van der Waals surface area contributed by atoms with Gasteiger partial charge in [-0.3, -0.25) is 0 Å². The van der Waals surface area contributed by atoms with Crippen molar-refractivity contribution >= 4 is 45.2 Å². The quantitative estimate of drug-likeness (QED) is 0.367. The Balaban J connectivity index is 3.69. The van der Waals surface area contributed by atoms with E-state index >= 15 is 0 Å². The second-order valence-corrected chi connectivity index (χ2v) is 4.21. The second kappa shape index (κ2) is 4.00. The van der Waals surface area contributed by atoms with E-state index in [1.54, 1.807) is 0 Å². The van der Waals surface area contributed by atoms with E-state index in [1.807, 2.05) is 0 Å². The van der Waals surface area contributed by atoms with E-state index in [4.69, 9.17) is 5.26 Å². The van der Waals surface area contributed by atoms with Crippen LogP contribution >= 0.6 is 45.2 Å². The molecule has 0 saturated carbocycles. The predicted molar refractivity (Wildman–Crippen MR) is 56.5 cm³/mol. The van der Waals surface area contributed by atoms with Gasteiger partial charge in [0, 0.05) is 0 Å². The van der Waals surface area contributed by atoms with Crippen LogP contribution < -0.4 is 0 Å². The molecule has 0 aromatic heterocycles. The molecule has 1 aromatic carbocycles. The maximum atomic E-state index is 13.0. The molecule has 0 bridgehead atoms. The second-order valence-electron chi connectivity index (χ2n) is 2.06. The number of hydrogen-bond acceptors (Lipinski definition) is 1. The van der Waals surface area contributed by atoms with Gasteiger partial charge in [-0.05, 0) is 45.2 Å². The number of hydrogen-bond donors (Lipinski definition) is 0. The molecule has 6 heteroatoms. The standard InChI is InChI=1S/C7F3I2N/c8-3-2(1-13)6(11)5(10)7(12)4(3)9. The van der Waals surface area contributed by atoms with E-state index in [9.17, 15) is 13.2 Å². The third kappa shape index (κ3) is 1.76. The molecule has 0 radical (unpaired) electrons. The molecule has 0 N–H and O–H groups in total. The van der Waals surface area contributed by atoms with Gasteiger partial charge in [-0.15, -0.1) is 0 Å². The van der Waals surface area contributed by atoms with Crippen molar-refractivity contribution in [2.24, 2.45) is 0 Å². The van der Waals surface area contributed by atoms with Crippen LogP contribution in [-0.4, -0.2) is 0 Å². The molecular formula is C7F3I2N. The number of halogens is 5. The lowest BCUT2D eigenvalue weighted by Gasteiger charge is -2.03. The monoisotopic (exact) mass is 409 g/mol. The summed E-state index contributed by atoms with van der Waals surface area (Å²) in [6.45, 7) is 0. The Hall–Kier alpha value is -0.0400. The van der Waals surface area contributed by atoms with Gasteiger partial charge < -0.3 is 0 Å². The van der Waals surface area contributed by atoms with Gasteiger partial charge in [0.1, 0.15) is 11.6 Å². The minimum Gasteiger partial charge on any atom is -0.204 e. The molecule has 0 fully saturated rings. The van der Waals surface area contributed by atoms with E-state index < -0.39 is 26.6 Å². The highest BCUT2D eigenvalue weighted by Crippen LogP contribution is 2.26. The van der Waals surface area contributed by atoms with Crippen LogP contribution in [0.15, 0.2) is 0 Å². The van der Waals surface area contributed by atoms with E-state index in [0.29, 0.717) is 0 Å². The number of nitrogens with zero attached hydrogens (tertiary/aromatic N) is 1.